The number of hydrogen-bond acceptors (Lipinski definition) is 7. The van der Waals surface area contributed by atoms with Crippen LogP contribution in [0.5, 0.6) is 5.75 Å². The fraction of sp³-hybridized carbons (Fsp3) is 0.667. The molecule has 0 spiro atoms. The number of likely N-dealkylation sites (tertiary alicyclic amines) is 1. The standard InChI is InChI=1S/C24H35FN3O7P/c1-16(2)34-22-7-4-17(25)14-21(22)27-12-10-26(11-13-27)8-3-9-28-23(29)19-6-5-18(35-36(31,32)33)15-20(19)24(28)30/h4,7,14,16,18-20H,3,5-6,8-13,15H2,1-2H3,(H2,31,32,33). The van der Waals surface area contributed by atoms with E-state index in [0.29, 0.717) is 44.6 Å². The van der Waals surface area contributed by atoms with Crippen molar-refractivity contribution in [2.75, 3.05) is 44.2 Å². The molecule has 2 heterocycles. The third-order valence-corrected chi connectivity index (χ3v) is 7.68. The second kappa shape index (κ2) is 11.1. The minimum Gasteiger partial charge on any atom is -0.489 e. The Kier molecular flexibility index (Phi) is 8.36. The molecule has 1 saturated carbocycles. The normalized spacial score (nSPS) is 25.6. The number of imide groups is 1. The zero-order chi connectivity index (χ0) is 26.0. The predicted molar refractivity (Wildman–Crippen MR) is 130 cm³/mol. The van der Waals surface area contributed by atoms with Crippen molar-refractivity contribution in [3.8, 4) is 5.75 Å². The molecule has 1 aromatic rings. The van der Waals surface area contributed by atoms with Crippen LogP contribution in [-0.4, -0.2) is 82.9 Å². The lowest BCUT2D eigenvalue weighted by molar-refractivity contribution is -0.140. The van der Waals surface area contributed by atoms with Gasteiger partial charge in [-0.25, -0.2) is 8.96 Å². The molecule has 2 amide bonds. The van der Waals surface area contributed by atoms with Gasteiger partial charge in [0, 0.05) is 38.8 Å². The number of amides is 2. The number of hydrogen-bond donors (Lipinski definition) is 2. The van der Waals surface area contributed by atoms with Crippen molar-refractivity contribution in [2.24, 2.45) is 11.8 Å². The molecule has 3 aliphatic rings. The van der Waals surface area contributed by atoms with Gasteiger partial charge in [-0.1, -0.05) is 0 Å². The third kappa shape index (κ3) is 6.44. The van der Waals surface area contributed by atoms with Gasteiger partial charge in [0.25, 0.3) is 0 Å². The van der Waals surface area contributed by atoms with E-state index in [1.165, 1.54) is 17.0 Å². The van der Waals surface area contributed by atoms with Crippen LogP contribution < -0.4 is 9.64 Å². The number of ether oxygens (including phenoxy) is 1. The Labute approximate surface area is 210 Å². The molecule has 3 atom stereocenters. The first-order chi connectivity index (χ1) is 17.0. The maximum Gasteiger partial charge on any atom is 0.469 e. The van der Waals surface area contributed by atoms with Crippen molar-refractivity contribution in [1.29, 1.82) is 0 Å². The van der Waals surface area contributed by atoms with E-state index in [-0.39, 0.29) is 30.2 Å². The minimum atomic E-state index is -4.63. The van der Waals surface area contributed by atoms with Gasteiger partial charge in [0.1, 0.15) is 11.6 Å². The number of nitrogens with zero attached hydrogens (tertiary/aromatic N) is 3. The van der Waals surface area contributed by atoms with Crippen LogP contribution >= 0.6 is 7.82 Å². The summed E-state index contributed by atoms with van der Waals surface area (Å²) in [6, 6.07) is 4.57. The van der Waals surface area contributed by atoms with Gasteiger partial charge in [-0.3, -0.25) is 23.9 Å². The van der Waals surface area contributed by atoms with Crippen LogP contribution in [0.25, 0.3) is 0 Å². The number of anilines is 1. The van der Waals surface area contributed by atoms with E-state index >= 15 is 0 Å². The number of phosphoric ester groups is 1. The van der Waals surface area contributed by atoms with Crippen molar-refractivity contribution in [1.82, 2.24) is 9.80 Å². The van der Waals surface area contributed by atoms with Crippen molar-refractivity contribution in [3.05, 3.63) is 24.0 Å². The molecule has 0 bridgehead atoms. The summed E-state index contributed by atoms with van der Waals surface area (Å²) in [7, 11) is -4.63. The van der Waals surface area contributed by atoms with E-state index in [9.17, 15) is 18.5 Å². The van der Waals surface area contributed by atoms with Gasteiger partial charge in [0.2, 0.25) is 11.8 Å². The number of carbonyl (C=O) groups is 2. The molecule has 4 rings (SSSR count). The molecule has 3 fully saturated rings. The highest BCUT2D eigenvalue weighted by atomic mass is 31.2. The topological polar surface area (TPSA) is 120 Å². The maximum atomic E-state index is 13.9. The molecule has 3 unspecified atom stereocenters. The van der Waals surface area contributed by atoms with Crippen LogP contribution in [0.1, 0.15) is 39.5 Å². The molecule has 36 heavy (non-hydrogen) atoms. The first kappa shape index (κ1) is 27.0. The maximum absolute atomic E-state index is 13.9. The quantitative estimate of drug-likeness (QED) is 0.368. The van der Waals surface area contributed by atoms with Crippen LogP contribution in [0, 0.1) is 17.7 Å². The Bertz CT molecular complexity index is 1010. The van der Waals surface area contributed by atoms with Crippen LogP contribution in [0.3, 0.4) is 0 Å². The Balaban J connectivity index is 1.25. The second-order valence-electron chi connectivity index (χ2n) is 10.0. The Morgan fingerprint density at radius 3 is 2.42 bits per heavy atom. The molecular formula is C24H35FN3O7P. The largest absolute Gasteiger partial charge is 0.489 e. The monoisotopic (exact) mass is 527 g/mol. The molecule has 200 valence electrons. The van der Waals surface area contributed by atoms with Gasteiger partial charge < -0.3 is 19.4 Å². The summed E-state index contributed by atoms with van der Waals surface area (Å²) in [5.74, 6) is -1.08. The average molecular weight is 528 g/mol. The van der Waals surface area contributed by atoms with Crippen molar-refractivity contribution in [3.63, 3.8) is 0 Å². The zero-order valence-corrected chi connectivity index (χ0v) is 21.6. The van der Waals surface area contributed by atoms with Crippen molar-refractivity contribution < 1.29 is 37.6 Å². The Morgan fingerprint density at radius 2 is 1.75 bits per heavy atom. The summed E-state index contributed by atoms with van der Waals surface area (Å²) in [6.07, 6.45) is 0.798. The number of phosphoric acid groups is 1. The summed E-state index contributed by atoms with van der Waals surface area (Å²) in [5, 5.41) is 0. The van der Waals surface area contributed by atoms with Crippen LogP contribution in [0.2, 0.25) is 0 Å². The van der Waals surface area contributed by atoms with Gasteiger partial charge in [-0.2, -0.15) is 0 Å². The first-order valence-corrected chi connectivity index (χ1v) is 14.1. The molecule has 10 nitrogen and oxygen atoms in total. The molecule has 2 aliphatic heterocycles. The lowest BCUT2D eigenvalue weighted by Crippen LogP contribution is -2.47. The number of benzene rings is 1. The summed E-state index contributed by atoms with van der Waals surface area (Å²) in [5.41, 5.74) is 0.750. The molecule has 2 N–H and O–H groups in total. The Morgan fingerprint density at radius 1 is 1.06 bits per heavy atom. The minimum absolute atomic E-state index is 0.0140. The van der Waals surface area contributed by atoms with Gasteiger partial charge in [0.05, 0.1) is 29.7 Å². The number of carbonyl (C=O) groups excluding carboxylic acids is 2. The van der Waals surface area contributed by atoms with Crippen LogP contribution in [0.4, 0.5) is 10.1 Å². The molecule has 0 aromatic heterocycles. The summed E-state index contributed by atoms with van der Waals surface area (Å²) >= 11 is 0. The van der Waals surface area contributed by atoms with Crippen LogP contribution in [-0.2, 0) is 18.7 Å². The third-order valence-electron chi connectivity index (χ3n) is 7.11. The summed E-state index contributed by atoms with van der Waals surface area (Å²) in [4.78, 5) is 49.5. The summed E-state index contributed by atoms with van der Waals surface area (Å²) < 4.78 is 35.7. The van der Waals surface area contributed by atoms with E-state index in [4.69, 9.17) is 19.0 Å². The number of rotatable bonds is 9. The zero-order valence-electron chi connectivity index (χ0n) is 20.7. The fourth-order valence-corrected chi connectivity index (χ4v) is 6.06. The van der Waals surface area contributed by atoms with Gasteiger partial charge in [-0.15, -0.1) is 0 Å². The SMILES string of the molecule is CC(C)Oc1ccc(F)cc1N1CCN(CCCN2C(=O)C3CCC(OP(=O)(O)O)CC3C2=O)CC1. The van der Waals surface area contributed by atoms with E-state index < -0.39 is 25.8 Å². The van der Waals surface area contributed by atoms with Crippen LogP contribution in [0.15, 0.2) is 18.2 Å². The average Bonchev–Trinajstić information content (AvgIpc) is 3.04. The molecule has 0 radical (unpaired) electrons. The highest BCUT2D eigenvalue weighted by Gasteiger charge is 2.50. The number of fused-ring (bicyclic) bond motifs is 1. The molecule has 1 aromatic carbocycles. The van der Waals surface area contributed by atoms with E-state index in [2.05, 4.69) is 9.80 Å². The number of halogens is 1. The highest BCUT2D eigenvalue weighted by molar-refractivity contribution is 7.46. The fourth-order valence-electron chi connectivity index (χ4n) is 5.48. The molecule has 2 saturated heterocycles. The van der Waals surface area contributed by atoms with Gasteiger partial charge in [-0.05, 0) is 58.2 Å². The lowest BCUT2D eigenvalue weighted by atomic mass is 9.80. The highest BCUT2D eigenvalue weighted by Crippen LogP contribution is 2.45. The molecular weight excluding hydrogens is 492 g/mol. The summed E-state index contributed by atoms with van der Waals surface area (Å²) in [6.45, 7) is 7.88. The predicted octanol–water partition coefficient (Wildman–Crippen LogP) is 2.39. The van der Waals surface area contributed by atoms with E-state index in [0.717, 1.165) is 25.3 Å². The number of piperazine rings is 1. The van der Waals surface area contributed by atoms with E-state index in [1.54, 1.807) is 6.07 Å². The van der Waals surface area contributed by atoms with Gasteiger partial charge >= 0.3 is 7.82 Å². The van der Waals surface area contributed by atoms with Crippen molar-refractivity contribution >= 4 is 25.3 Å². The first-order valence-electron chi connectivity index (χ1n) is 12.5. The smallest absolute Gasteiger partial charge is 0.469 e. The molecule has 12 heteroatoms. The van der Waals surface area contributed by atoms with Gasteiger partial charge in [0.15, 0.2) is 0 Å². The van der Waals surface area contributed by atoms with E-state index in [1.807, 2.05) is 13.8 Å². The Hall–Kier alpha value is -2.04. The second-order valence-corrected chi connectivity index (χ2v) is 11.2. The molecule has 1 aliphatic carbocycles. The van der Waals surface area contributed by atoms with Crippen molar-refractivity contribution in [2.45, 2.75) is 51.7 Å². The lowest BCUT2D eigenvalue weighted by Gasteiger charge is -2.37.